The molecule has 0 aliphatic heterocycles. The maximum absolute atomic E-state index is 13.0. The Labute approximate surface area is 198 Å². The van der Waals surface area contributed by atoms with Gasteiger partial charge in [-0.25, -0.2) is 4.79 Å². The first kappa shape index (κ1) is 23.6. The number of Topliss-reactive ketones (excluding diaryl/α,β-unsaturated/α-hetero) is 1. The number of carbonyl (C=O) groups is 2. The fraction of sp³-hybridized carbons (Fsp3) is 0.208. The molecule has 2 amide bonds. The number of nitrogens with one attached hydrogen (secondary N) is 2. The molecule has 0 atom stereocenters. The second-order valence-corrected chi connectivity index (χ2v) is 8.21. The Morgan fingerprint density at radius 3 is 2.32 bits per heavy atom. The normalized spacial score (nSPS) is 13.3. The van der Waals surface area contributed by atoms with Gasteiger partial charge in [-0.3, -0.25) is 9.78 Å². The van der Waals surface area contributed by atoms with Crippen LogP contribution in [0.2, 0.25) is 5.02 Å². The molecule has 1 aliphatic rings. The lowest BCUT2D eigenvalue weighted by Crippen LogP contribution is -2.19. The van der Waals surface area contributed by atoms with Crippen molar-refractivity contribution >= 4 is 34.8 Å². The second-order valence-electron chi connectivity index (χ2n) is 7.80. The van der Waals surface area contributed by atoms with Gasteiger partial charge in [-0.1, -0.05) is 11.6 Å². The summed E-state index contributed by atoms with van der Waals surface area (Å²) in [6.07, 6.45) is -0.892. The average Bonchev–Trinajstić information content (AvgIpc) is 3.62. The predicted octanol–water partition coefficient (Wildman–Crippen LogP) is 6.71. The Balaban J connectivity index is 1.34. The number of ketones is 1. The number of amides is 2. The number of hydrogen-bond donors (Lipinski definition) is 2. The number of pyridine rings is 1. The Kier molecular flexibility index (Phi) is 6.74. The van der Waals surface area contributed by atoms with Gasteiger partial charge in [0.2, 0.25) is 0 Å². The van der Waals surface area contributed by atoms with Crippen LogP contribution in [0.4, 0.5) is 29.3 Å². The molecule has 10 heteroatoms. The zero-order valence-electron chi connectivity index (χ0n) is 17.7. The summed E-state index contributed by atoms with van der Waals surface area (Å²) in [5.74, 6) is 1.36. The number of carbonyl (C=O) groups excluding carboxylic acids is 2. The average molecular weight is 490 g/mol. The van der Waals surface area contributed by atoms with E-state index in [4.69, 9.17) is 16.3 Å². The lowest BCUT2D eigenvalue weighted by Gasteiger charge is -2.12. The van der Waals surface area contributed by atoms with E-state index in [1.165, 1.54) is 6.07 Å². The molecular weight excluding hydrogens is 471 g/mol. The molecule has 176 valence electrons. The zero-order chi connectivity index (χ0) is 24.3. The van der Waals surface area contributed by atoms with Gasteiger partial charge in [-0.2, -0.15) is 13.2 Å². The van der Waals surface area contributed by atoms with Gasteiger partial charge in [0.05, 0.1) is 16.3 Å². The number of nitrogens with zero attached hydrogens (tertiary/aromatic N) is 1. The number of rotatable bonds is 7. The summed E-state index contributed by atoms with van der Waals surface area (Å²) in [4.78, 5) is 28.4. The van der Waals surface area contributed by atoms with Gasteiger partial charge in [-0.05, 0) is 61.4 Å². The first-order valence-electron chi connectivity index (χ1n) is 10.4. The highest BCUT2D eigenvalue weighted by Crippen LogP contribution is 2.36. The van der Waals surface area contributed by atoms with Gasteiger partial charge in [0.25, 0.3) is 0 Å². The number of urea groups is 1. The lowest BCUT2D eigenvalue weighted by molar-refractivity contribution is -0.137. The van der Waals surface area contributed by atoms with E-state index in [0.717, 1.165) is 25.0 Å². The lowest BCUT2D eigenvalue weighted by atomic mass is 10.1. The molecule has 0 bridgehead atoms. The van der Waals surface area contributed by atoms with Crippen LogP contribution in [0.15, 0.2) is 60.8 Å². The predicted molar refractivity (Wildman–Crippen MR) is 121 cm³/mol. The molecule has 4 rings (SSSR count). The van der Waals surface area contributed by atoms with Crippen LogP contribution in [0.5, 0.6) is 11.5 Å². The van der Waals surface area contributed by atoms with E-state index < -0.39 is 22.8 Å². The number of halogens is 4. The molecule has 2 N–H and O–H groups in total. The highest BCUT2D eigenvalue weighted by Gasteiger charge is 2.33. The molecule has 1 fully saturated rings. The third kappa shape index (κ3) is 6.26. The van der Waals surface area contributed by atoms with Crippen LogP contribution in [0, 0.1) is 5.92 Å². The molecule has 3 aromatic rings. The highest BCUT2D eigenvalue weighted by molar-refractivity contribution is 6.31. The van der Waals surface area contributed by atoms with Gasteiger partial charge in [-0.15, -0.1) is 0 Å². The van der Waals surface area contributed by atoms with Crippen LogP contribution >= 0.6 is 11.6 Å². The fourth-order valence-electron chi connectivity index (χ4n) is 3.20. The molecule has 0 radical (unpaired) electrons. The van der Waals surface area contributed by atoms with Crippen molar-refractivity contribution in [2.45, 2.75) is 25.4 Å². The van der Waals surface area contributed by atoms with E-state index >= 15 is 0 Å². The number of ether oxygens (including phenoxy) is 1. The minimum absolute atomic E-state index is 0.0529. The first-order valence-corrected chi connectivity index (χ1v) is 10.8. The molecule has 34 heavy (non-hydrogen) atoms. The van der Waals surface area contributed by atoms with Crippen molar-refractivity contribution in [3.8, 4) is 11.5 Å². The zero-order valence-corrected chi connectivity index (χ0v) is 18.4. The summed E-state index contributed by atoms with van der Waals surface area (Å²) in [6.45, 7) is 0. The summed E-state index contributed by atoms with van der Waals surface area (Å²) in [7, 11) is 0. The van der Waals surface area contributed by atoms with Crippen molar-refractivity contribution in [3.63, 3.8) is 0 Å². The quantitative estimate of drug-likeness (QED) is 0.386. The SMILES string of the molecule is O=C(Nc1ccc(Oc2ccnc(CC(=O)C3CC3)c2)cc1)Nc1ccc(Cl)c(C(F)(F)F)c1. The number of hydrogen-bond acceptors (Lipinski definition) is 4. The number of alkyl halides is 3. The van der Waals surface area contributed by atoms with Crippen LogP contribution < -0.4 is 15.4 Å². The molecule has 0 saturated heterocycles. The minimum Gasteiger partial charge on any atom is -0.457 e. The maximum Gasteiger partial charge on any atom is 0.417 e. The second kappa shape index (κ2) is 9.72. The number of anilines is 2. The summed E-state index contributed by atoms with van der Waals surface area (Å²) in [6, 6.07) is 12.2. The molecule has 1 saturated carbocycles. The van der Waals surface area contributed by atoms with Gasteiger partial charge >= 0.3 is 12.2 Å². The number of aromatic nitrogens is 1. The molecule has 0 unspecified atom stereocenters. The molecule has 1 aromatic heterocycles. The molecule has 0 spiro atoms. The van der Waals surface area contributed by atoms with E-state index in [0.29, 0.717) is 22.9 Å². The van der Waals surface area contributed by atoms with E-state index in [2.05, 4.69) is 15.6 Å². The van der Waals surface area contributed by atoms with Crippen LogP contribution in [0.1, 0.15) is 24.1 Å². The summed E-state index contributed by atoms with van der Waals surface area (Å²) in [5.41, 5.74) is -0.0481. The maximum atomic E-state index is 13.0. The first-order chi connectivity index (χ1) is 16.2. The van der Waals surface area contributed by atoms with Crippen LogP contribution in [-0.4, -0.2) is 16.8 Å². The van der Waals surface area contributed by atoms with Crippen LogP contribution in [0.3, 0.4) is 0 Å². The van der Waals surface area contributed by atoms with Crippen LogP contribution in [0.25, 0.3) is 0 Å². The molecule has 1 aliphatic carbocycles. The topological polar surface area (TPSA) is 80.3 Å². The van der Waals surface area contributed by atoms with Crippen molar-refractivity contribution in [1.82, 2.24) is 4.98 Å². The largest absolute Gasteiger partial charge is 0.457 e. The van der Waals surface area contributed by atoms with E-state index in [9.17, 15) is 22.8 Å². The van der Waals surface area contributed by atoms with Crippen molar-refractivity contribution < 1.29 is 27.5 Å². The Morgan fingerprint density at radius 2 is 1.65 bits per heavy atom. The van der Waals surface area contributed by atoms with E-state index in [1.54, 1.807) is 42.6 Å². The van der Waals surface area contributed by atoms with Crippen LogP contribution in [-0.2, 0) is 17.4 Å². The third-order valence-corrected chi connectivity index (χ3v) is 5.38. The van der Waals surface area contributed by atoms with E-state index in [-0.39, 0.29) is 23.8 Å². The van der Waals surface area contributed by atoms with Gasteiger partial charge in [0.1, 0.15) is 17.3 Å². The standard InChI is InChI=1S/C24H19ClF3N3O3/c25-21-8-5-16(12-20(21)24(26,27)28)31-23(33)30-15-3-6-18(7-4-15)34-19-9-10-29-17(11-19)13-22(32)14-1-2-14/h3-12,14H,1-2,13H2,(H2,30,31,33). The van der Waals surface area contributed by atoms with Crippen molar-refractivity contribution in [1.29, 1.82) is 0 Å². The van der Waals surface area contributed by atoms with Gasteiger partial charge in [0.15, 0.2) is 0 Å². The monoisotopic (exact) mass is 489 g/mol. The summed E-state index contributed by atoms with van der Waals surface area (Å²) < 4.78 is 44.7. The van der Waals surface area contributed by atoms with Gasteiger partial charge in [0, 0.05) is 36.0 Å². The number of benzene rings is 2. The molecule has 1 heterocycles. The highest BCUT2D eigenvalue weighted by atomic mass is 35.5. The summed E-state index contributed by atoms with van der Waals surface area (Å²) in [5, 5.41) is 4.42. The van der Waals surface area contributed by atoms with Gasteiger partial charge < -0.3 is 15.4 Å². The Hall–Kier alpha value is -3.59. The van der Waals surface area contributed by atoms with Crippen molar-refractivity contribution in [2.75, 3.05) is 10.6 Å². The minimum atomic E-state index is -4.64. The smallest absolute Gasteiger partial charge is 0.417 e. The summed E-state index contributed by atoms with van der Waals surface area (Å²) >= 11 is 5.59. The fourth-order valence-corrected chi connectivity index (χ4v) is 3.43. The molecule has 2 aromatic carbocycles. The molecule has 6 nitrogen and oxygen atoms in total. The Bertz CT molecular complexity index is 1210. The molecular formula is C24H19ClF3N3O3. The Morgan fingerprint density at radius 1 is 0.971 bits per heavy atom. The van der Waals surface area contributed by atoms with Crippen molar-refractivity contribution in [3.05, 3.63) is 77.1 Å². The third-order valence-electron chi connectivity index (χ3n) is 5.05. The van der Waals surface area contributed by atoms with E-state index in [1.807, 2.05) is 0 Å². The van der Waals surface area contributed by atoms with Crippen molar-refractivity contribution in [2.24, 2.45) is 5.92 Å².